The molecule has 0 bridgehead atoms. The number of ether oxygens (including phenoxy) is 1. The van der Waals surface area contributed by atoms with Crippen molar-refractivity contribution in [2.75, 3.05) is 13.2 Å². The summed E-state index contributed by atoms with van der Waals surface area (Å²) in [6.45, 7) is 3.29. The first kappa shape index (κ1) is 30.9. The summed E-state index contributed by atoms with van der Waals surface area (Å²) in [4.78, 5) is 11.8. The maximum atomic E-state index is 11.8. The second-order valence-electron chi connectivity index (χ2n) is 7.85. The zero-order valence-corrected chi connectivity index (χ0v) is 18.3. The van der Waals surface area contributed by atoms with Crippen LogP contribution in [0.3, 0.4) is 0 Å². The zero-order valence-electron chi connectivity index (χ0n) is 18.3. The zero-order chi connectivity index (χ0) is 20.9. The Labute approximate surface area is 201 Å². The van der Waals surface area contributed by atoms with Crippen LogP contribution in [0.15, 0.2) is 0 Å². The predicted octanol–water partition coefficient (Wildman–Crippen LogP) is 3.95. The third-order valence-electron chi connectivity index (χ3n) is 5.05. The number of carbonyl (C=O) groups excluding carboxylic acids is 1. The number of hydrogen-bond acceptors (Lipinski definition) is 4. The van der Waals surface area contributed by atoms with Crippen molar-refractivity contribution in [1.29, 1.82) is 5.41 Å². The molecule has 0 saturated heterocycles. The van der Waals surface area contributed by atoms with Crippen LogP contribution >= 0.6 is 0 Å². The molecule has 0 saturated carbocycles. The number of esters is 1. The Morgan fingerprint density at radius 1 is 0.862 bits per heavy atom. The number of carbonyl (C=O) groups is 1. The van der Waals surface area contributed by atoms with Gasteiger partial charge in [0.2, 0.25) is 0 Å². The van der Waals surface area contributed by atoms with Crippen molar-refractivity contribution < 1.29 is 9.53 Å². The van der Waals surface area contributed by atoms with Crippen molar-refractivity contribution in [2.45, 2.75) is 116 Å². The first-order valence-electron chi connectivity index (χ1n) is 11.6. The molecule has 29 heavy (non-hydrogen) atoms. The van der Waals surface area contributed by atoms with Gasteiger partial charge in [0, 0.05) is 6.54 Å². The maximum absolute atomic E-state index is 11.8. The van der Waals surface area contributed by atoms with Crippen LogP contribution < -0.4 is 16.8 Å². The molecule has 0 radical (unpaired) electrons. The van der Waals surface area contributed by atoms with E-state index in [1.54, 1.807) is 0 Å². The molecule has 0 aromatic heterocycles. The van der Waals surface area contributed by atoms with E-state index in [1.165, 1.54) is 77.0 Å². The van der Waals surface area contributed by atoms with Gasteiger partial charge >= 0.3 is 35.5 Å². The minimum atomic E-state index is -0.583. The van der Waals surface area contributed by atoms with Crippen molar-refractivity contribution >= 4 is 41.5 Å². The Morgan fingerprint density at radius 3 is 1.76 bits per heavy atom. The van der Waals surface area contributed by atoms with Crippen molar-refractivity contribution in [3.8, 4) is 0 Å². The van der Waals surface area contributed by atoms with Crippen molar-refractivity contribution in [2.24, 2.45) is 11.5 Å². The van der Waals surface area contributed by atoms with E-state index in [-0.39, 0.29) is 41.5 Å². The van der Waals surface area contributed by atoms with E-state index in [0.717, 1.165) is 12.8 Å². The van der Waals surface area contributed by atoms with Crippen LogP contribution in [-0.4, -0.2) is 60.7 Å². The average Bonchev–Trinajstić information content (AvgIpc) is 2.67. The van der Waals surface area contributed by atoms with Crippen LogP contribution in [0.25, 0.3) is 0 Å². The van der Waals surface area contributed by atoms with Gasteiger partial charge in [-0.15, -0.1) is 0 Å². The summed E-state index contributed by atoms with van der Waals surface area (Å²) < 4.78 is 5.24. The van der Waals surface area contributed by atoms with Crippen LogP contribution in [0.1, 0.15) is 110 Å². The molecule has 0 aromatic carbocycles. The van der Waals surface area contributed by atoms with Crippen LogP contribution in [0, 0.1) is 5.41 Å². The summed E-state index contributed by atoms with van der Waals surface area (Å²) in [5.74, 6) is -0.383. The second-order valence-corrected chi connectivity index (χ2v) is 7.85. The third-order valence-corrected chi connectivity index (χ3v) is 5.05. The molecule has 0 aliphatic carbocycles. The van der Waals surface area contributed by atoms with Gasteiger partial charge in [0.1, 0.15) is 6.04 Å². The van der Waals surface area contributed by atoms with Crippen LogP contribution in [0.5, 0.6) is 0 Å². The number of nitrogens with one attached hydrogen (secondary N) is 2. The van der Waals surface area contributed by atoms with Gasteiger partial charge in [-0.05, 0) is 19.3 Å². The van der Waals surface area contributed by atoms with Gasteiger partial charge in [-0.1, -0.05) is 90.4 Å². The summed E-state index contributed by atoms with van der Waals surface area (Å²) in [5.41, 5.74) is 11.0. The molecule has 0 heterocycles. The Kier molecular flexibility index (Phi) is 25.5. The van der Waals surface area contributed by atoms with E-state index in [1.807, 2.05) is 0 Å². The molecule has 0 amide bonds. The number of hydrogen-bond donors (Lipinski definition) is 4. The fourth-order valence-electron chi connectivity index (χ4n) is 3.24. The van der Waals surface area contributed by atoms with Gasteiger partial charge in [0.15, 0.2) is 5.96 Å². The molecule has 6 N–H and O–H groups in total. The van der Waals surface area contributed by atoms with E-state index in [4.69, 9.17) is 21.6 Å². The monoisotopic (exact) mass is 422 g/mol. The van der Waals surface area contributed by atoms with Crippen molar-refractivity contribution in [3.63, 3.8) is 0 Å². The van der Waals surface area contributed by atoms with Crippen LogP contribution in [0.4, 0.5) is 0 Å². The topological polar surface area (TPSA) is 114 Å². The molecule has 0 aliphatic rings. The molecule has 0 fully saturated rings. The Hall–Kier alpha value is -0.300. The van der Waals surface area contributed by atoms with E-state index < -0.39 is 6.04 Å². The Morgan fingerprint density at radius 2 is 1.31 bits per heavy atom. The number of guanidine groups is 1. The molecule has 168 valence electrons. The molecule has 1 atom stereocenters. The van der Waals surface area contributed by atoms with E-state index in [2.05, 4.69) is 12.2 Å². The summed E-state index contributed by atoms with van der Waals surface area (Å²) in [6, 6.07) is -0.583. The molecule has 0 unspecified atom stereocenters. The summed E-state index contributed by atoms with van der Waals surface area (Å²) in [5, 5.41) is 9.74. The first-order chi connectivity index (χ1) is 13.6. The quantitative estimate of drug-likeness (QED) is 0.0780. The second kappa shape index (κ2) is 24.0. The van der Waals surface area contributed by atoms with Crippen LogP contribution in [0.2, 0.25) is 0 Å². The van der Waals surface area contributed by atoms with Crippen molar-refractivity contribution in [3.05, 3.63) is 0 Å². The van der Waals surface area contributed by atoms with Gasteiger partial charge in [0.25, 0.3) is 0 Å². The fraction of sp³-hybridized carbons (Fsp3) is 0.909. The fourth-order valence-corrected chi connectivity index (χ4v) is 3.24. The molecular formula is C22H47N4NaO2. The van der Waals surface area contributed by atoms with Crippen LogP contribution in [-0.2, 0) is 9.53 Å². The SMILES string of the molecule is CCCCCCCCCCCCCCCCOC(=O)[C@@H](N)CCCNC(=N)N.[NaH]. The van der Waals surface area contributed by atoms with Gasteiger partial charge < -0.3 is 21.5 Å². The molecule has 0 spiro atoms. The summed E-state index contributed by atoms with van der Waals surface area (Å²) in [6.07, 6.45) is 19.6. The van der Waals surface area contributed by atoms with Crippen molar-refractivity contribution in [1.82, 2.24) is 5.32 Å². The van der Waals surface area contributed by atoms with E-state index >= 15 is 0 Å². The standard InChI is InChI=1S/C22H46N4O2.Na.H/c1-2-3-4-5-6-7-8-9-10-11-12-13-14-15-19-28-21(27)20(23)17-16-18-26-22(24)25;;/h20H,2-19,23H2,1H3,(H4,24,25,26);;/t20-;;/m0../s1. The molecule has 6 nitrogen and oxygen atoms in total. The average molecular weight is 423 g/mol. The number of unbranched alkanes of at least 4 members (excludes halogenated alkanes) is 13. The number of rotatable bonds is 20. The Balaban J connectivity index is 0. The minimum absolute atomic E-state index is 0. The normalized spacial score (nSPS) is 11.5. The number of nitrogens with two attached hydrogens (primary N) is 2. The molecule has 0 aliphatic heterocycles. The third kappa shape index (κ3) is 23.8. The molecule has 0 aromatic rings. The van der Waals surface area contributed by atoms with Gasteiger partial charge in [-0.3, -0.25) is 10.2 Å². The van der Waals surface area contributed by atoms with E-state index in [9.17, 15) is 4.79 Å². The predicted molar refractivity (Wildman–Crippen MR) is 126 cm³/mol. The summed E-state index contributed by atoms with van der Waals surface area (Å²) in [7, 11) is 0. The van der Waals surface area contributed by atoms with Gasteiger partial charge in [-0.25, -0.2) is 0 Å². The first-order valence-corrected chi connectivity index (χ1v) is 11.6. The van der Waals surface area contributed by atoms with E-state index in [0.29, 0.717) is 26.0 Å². The molecule has 7 heteroatoms. The summed E-state index contributed by atoms with van der Waals surface area (Å²) >= 11 is 0. The molecular weight excluding hydrogens is 375 g/mol. The molecule has 0 rings (SSSR count). The Bertz CT molecular complexity index is 384. The van der Waals surface area contributed by atoms with Gasteiger partial charge in [-0.2, -0.15) is 0 Å². The van der Waals surface area contributed by atoms with Gasteiger partial charge in [0.05, 0.1) is 6.61 Å².